The maximum absolute atomic E-state index is 12.9. The van der Waals surface area contributed by atoms with Crippen molar-refractivity contribution >= 4 is 34.2 Å². The predicted octanol–water partition coefficient (Wildman–Crippen LogP) is 2.94. The number of carbonyl (C=O) groups is 1. The van der Waals surface area contributed by atoms with Crippen LogP contribution in [0.1, 0.15) is 21.5 Å². The minimum atomic E-state index is -0.597. The number of benzene rings is 2. The Morgan fingerprint density at radius 3 is 2.79 bits per heavy atom. The van der Waals surface area contributed by atoms with Gasteiger partial charge in [-0.25, -0.2) is 9.67 Å². The van der Waals surface area contributed by atoms with Crippen molar-refractivity contribution in [2.24, 2.45) is 0 Å². The van der Waals surface area contributed by atoms with Gasteiger partial charge in [0.25, 0.3) is 17.2 Å². The minimum Gasteiger partial charge on any atom is -0.350 e. The lowest BCUT2D eigenvalue weighted by Crippen LogP contribution is -2.28. The number of fused-ring (bicyclic) bond motifs is 1. The van der Waals surface area contributed by atoms with E-state index in [4.69, 9.17) is 11.6 Å². The van der Waals surface area contributed by atoms with Gasteiger partial charge in [0.2, 0.25) is 0 Å². The summed E-state index contributed by atoms with van der Waals surface area (Å²) in [4.78, 5) is 40.0. The zero-order valence-electron chi connectivity index (χ0n) is 17.6. The minimum absolute atomic E-state index is 0.00778. The Kier molecular flexibility index (Phi) is 6.18. The first-order chi connectivity index (χ1) is 15.8. The molecule has 11 heteroatoms. The third kappa shape index (κ3) is 4.60. The number of nitro benzene ring substituents is 1. The van der Waals surface area contributed by atoms with E-state index in [2.05, 4.69) is 15.4 Å². The van der Waals surface area contributed by atoms with Crippen LogP contribution in [-0.2, 0) is 13.1 Å². The Morgan fingerprint density at radius 1 is 1.24 bits per heavy atom. The van der Waals surface area contributed by atoms with Gasteiger partial charge in [0.15, 0.2) is 5.65 Å². The lowest BCUT2D eigenvalue weighted by Gasteiger charge is -2.09. The van der Waals surface area contributed by atoms with Gasteiger partial charge in [0.1, 0.15) is 11.7 Å². The molecule has 2 aromatic carbocycles. The number of aromatic nitrogens is 4. The summed E-state index contributed by atoms with van der Waals surface area (Å²) < 4.78 is 3.05. The Bertz CT molecular complexity index is 1430. The molecule has 0 aliphatic carbocycles. The van der Waals surface area contributed by atoms with Gasteiger partial charge in [-0.15, -0.1) is 0 Å². The molecule has 0 atom stereocenters. The van der Waals surface area contributed by atoms with Crippen LogP contribution in [0.15, 0.2) is 59.8 Å². The second-order valence-corrected chi connectivity index (χ2v) is 7.79. The molecule has 33 heavy (non-hydrogen) atoms. The molecule has 0 aliphatic rings. The fraction of sp³-hybridized carbons (Fsp3) is 0.182. The molecule has 0 saturated carbocycles. The second kappa shape index (κ2) is 9.21. The summed E-state index contributed by atoms with van der Waals surface area (Å²) >= 11 is 6.00. The lowest BCUT2D eigenvalue weighted by molar-refractivity contribution is -0.384. The van der Waals surface area contributed by atoms with E-state index in [1.807, 2.05) is 31.2 Å². The molecule has 0 fully saturated rings. The maximum atomic E-state index is 12.9. The molecular formula is C22H19ClN6O4. The molecule has 0 bridgehead atoms. The van der Waals surface area contributed by atoms with Crippen LogP contribution in [0.2, 0.25) is 5.02 Å². The van der Waals surface area contributed by atoms with Crippen molar-refractivity contribution in [3.8, 4) is 0 Å². The van der Waals surface area contributed by atoms with Crippen molar-refractivity contribution in [1.82, 2.24) is 24.6 Å². The quantitative estimate of drug-likeness (QED) is 0.330. The Balaban J connectivity index is 1.47. The van der Waals surface area contributed by atoms with Crippen LogP contribution in [0, 0.1) is 17.0 Å². The highest BCUT2D eigenvalue weighted by atomic mass is 35.5. The molecule has 0 aliphatic heterocycles. The topological polar surface area (TPSA) is 125 Å². The third-order valence-corrected chi connectivity index (χ3v) is 5.57. The molecular weight excluding hydrogens is 448 g/mol. The fourth-order valence-electron chi connectivity index (χ4n) is 3.42. The van der Waals surface area contributed by atoms with E-state index in [9.17, 15) is 19.7 Å². The number of carbonyl (C=O) groups excluding carboxylic acids is 1. The standard InChI is InChI=1S/C22H19ClN6O4/c1-14-4-2-3-5-15(14)12-27-13-25-20-18(22(27)31)11-26-28(20)9-8-24-21(30)17-10-16(29(32)33)6-7-19(17)23/h2-7,10-11,13H,8-9,12H2,1H3,(H,24,30). The number of amides is 1. The number of rotatable bonds is 7. The van der Waals surface area contributed by atoms with Crippen molar-refractivity contribution in [3.05, 3.63) is 97.2 Å². The van der Waals surface area contributed by atoms with Crippen molar-refractivity contribution in [2.75, 3.05) is 6.54 Å². The fourth-order valence-corrected chi connectivity index (χ4v) is 3.62. The van der Waals surface area contributed by atoms with Crippen LogP contribution in [0.3, 0.4) is 0 Å². The van der Waals surface area contributed by atoms with Crippen molar-refractivity contribution in [3.63, 3.8) is 0 Å². The van der Waals surface area contributed by atoms with Crippen molar-refractivity contribution in [1.29, 1.82) is 0 Å². The van der Waals surface area contributed by atoms with E-state index in [0.717, 1.165) is 17.2 Å². The van der Waals surface area contributed by atoms with Crippen molar-refractivity contribution < 1.29 is 9.72 Å². The molecule has 0 unspecified atom stereocenters. The van der Waals surface area contributed by atoms with Gasteiger partial charge in [-0.2, -0.15) is 5.10 Å². The largest absolute Gasteiger partial charge is 0.350 e. The summed E-state index contributed by atoms with van der Waals surface area (Å²) in [5.41, 5.74) is 2.09. The van der Waals surface area contributed by atoms with Gasteiger partial charge in [-0.1, -0.05) is 35.9 Å². The smallest absolute Gasteiger partial charge is 0.270 e. The van der Waals surface area contributed by atoms with Crippen LogP contribution < -0.4 is 10.9 Å². The van der Waals surface area contributed by atoms with Crippen LogP contribution >= 0.6 is 11.6 Å². The first-order valence-electron chi connectivity index (χ1n) is 10.0. The van der Waals surface area contributed by atoms with Crippen LogP contribution in [0.25, 0.3) is 11.0 Å². The summed E-state index contributed by atoms with van der Waals surface area (Å²) in [5.74, 6) is -0.547. The summed E-state index contributed by atoms with van der Waals surface area (Å²) in [5, 5.41) is 18.3. The highest BCUT2D eigenvalue weighted by Gasteiger charge is 2.16. The van der Waals surface area contributed by atoms with E-state index >= 15 is 0 Å². The van der Waals surface area contributed by atoms with Gasteiger partial charge in [-0.05, 0) is 24.1 Å². The molecule has 168 valence electrons. The number of hydrogen-bond acceptors (Lipinski definition) is 6. The second-order valence-electron chi connectivity index (χ2n) is 7.39. The van der Waals surface area contributed by atoms with E-state index in [0.29, 0.717) is 17.6 Å². The molecule has 1 amide bonds. The van der Waals surface area contributed by atoms with Crippen molar-refractivity contribution in [2.45, 2.75) is 20.0 Å². The molecule has 4 aromatic rings. The van der Waals surface area contributed by atoms with E-state index in [-0.39, 0.29) is 34.9 Å². The molecule has 0 spiro atoms. The summed E-state index contributed by atoms with van der Waals surface area (Å²) in [6.45, 7) is 2.79. The molecule has 2 heterocycles. The van der Waals surface area contributed by atoms with Gasteiger partial charge < -0.3 is 5.32 Å². The summed E-state index contributed by atoms with van der Waals surface area (Å²) in [7, 11) is 0. The average molecular weight is 467 g/mol. The third-order valence-electron chi connectivity index (χ3n) is 5.24. The molecule has 0 radical (unpaired) electrons. The molecule has 2 aromatic heterocycles. The van der Waals surface area contributed by atoms with E-state index < -0.39 is 10.8 Å². The first-order valence-corrected chi connectivity index (χ1v) is 10.4. The van der Waals surface area contributed by atoms with Gasteiger partial charge >= 0.3 is 0 Å². The Hall–Kier alpha value is -4.05. The number of halogens is 1. The van der Waals surface area contributed by atoms with Gasteiger partial charge in [-0.3, -0.25) is 24.3 Å². The molecule has 1 N–H and O–H groups in total. The molecule has 4 rings (SSSR count). The predicted molar refractivity (Wildman–Crippen MR) is 123 cm³/mol. The van der Waals surface area contributed by atoms with Gasteiger partial charge in [0.05, 0.1) is 34.8 Å². The first kappa shape index (κ1) is 22.2. The number of nitrogens with one attached hydrogen (secondary N) is 1. The Morgan fingerprint density at radius 2 is 2.03 bits per heavy atom. The van der Waals surface area contributed by atoms with Crippen LogP contribution in [-0.4, -0.2) is 36.7 Å². The van der Waals surface area contributed by atoms with Gasteiger partial charge in [0, 0.05) is 18.7 Å². The highest BCUT2D eigenvalue weighted by molar-refractivity contribution is 6.33. The number of aryl methyl sites for hydroxylation is 1. The number of hydrogen-bond donors (Lipinski definition) is 1. The SMILES string of the molecule is Cc1ccccc1Cn1cnc2c(cnn2CCNC(=O)c2cc([N+](=O)[O-])ccc2Cl)c1=O. The number of nitro groups is 1. The average Bonchev–Trinajstić information content (AvgIpc) is 3.21. The molecule has 0 saturated heterocycles. The number of nitrogens with zero attached hydrogens (tertiary/aromatic N) is 5. The summed E-state index contributed by atoms with van der Waals surface area (Å²) in [6, 6.07) is 11.5. The Labute approximate surface area is 192 Å². The summed E-state index contributed by atoms with van der Waals surface area (Å²) in [6.07, 6.45) is 2.94. The highest BCUT2D eigenvalue weighted by Crippen LogP contribution is 2.22. The monoisotopic (exact) mass is 466 g/mol. The zero-order valence-corrected chi connectivity index (χ0v) is 18.3. The van der Waals surface area contributed by atoms with E-state index in [1.54, 1.807) is 0 Å². The van der Waals surface area contributed by atoms with E-state index in [1.165, 1.54) is 33.9 Å². The zero-order chi connectivity index (χ0) is 23.5. The maximum Gasteiger partial charge on any atom is 0.270 e. The van der Waals surface area contributed by atoms with Crippen LogP contribution in [0.4, 0.5) is 5.69 Å². The molecule has 10 nitrogen and oxygen atoms in total. The van der Waals surface area contributed by atoms with Crippen LogP contribution in [0.5, 0.6) is 0 Å². The lowest BCUT2D eigenvalue weighted by atomic mass is 10.1. The normalized spacial score (nSPS) is 11.0. The number of non-ortho nitro benzene ring substituents is 1.